The smallest absolute Gasteiger partial charge is 0.185 e. The van der Waals surface area contributed by atoms with E-state index in [-0.39, 0.29) is 0 Å². The van der Waals surface area contributed by atoms with Gasteiger partial charge in [0.05, 0.1) is 6.20 Å². The van der Waals surface area contributed by atoms with E-state index in [4.69, 9.17) is 0 Å². The number of nitrogens with two attached hydrogens (primary N) is 1. The first-order valence-corrected chi connectivity index (χ1v) is 4.27. The minimum Gasteiger partial charge on any atom is -0.318 e. The monoisotopic (exact) mass is 234 g/mol. The van der Waals surface area contributed by atoms with E-state index in [0.29, 0.717) is 5.75 Å². The van der Waals surface area contributed by atoms with Gasteiger partial charge in [-0.1, -0.05) is 18.8 Å². The van der Waals surface area contributed by atoms with Crippen LogP contribution < -0.4 is 10.8 Å². The van der Waals surface area contributed by atoms with Crippen LogP contribution in [-0.4, -0.2) is 4.98 Å². The zero-order chi connectivity index (χ0) is 9.40. The normalized spacial score (nSPS) is 8.33. The van der Waals surface area contributed by atoms with Crippen molar-refractivity contribution in [3.05, 3.63) is 22.9 Å². The van der Waals surface area contributed by atoms with E-state index in [1.165, 1.54) is 6.20 Å². The van der Waals surface area contributed by atoms with Crippen LogP contribution in [0.4, 0.5) is 0 Å². The van der Waals surface area contributed by atoms with Gasteiger partial charge in [0.15, 0.2) is 5.75 Å². The molecular formula is C7H11BrN2O2. The van der Waals surface area contributed by atoms with Crippen LogP contribution in [-0.2, 0) is 4.99 Å². The van der Waals surface area contributed by atoms with E-state index in [2.05, 4.69) is 36.7 Å². The Morgan fingerprint density at radius 1 is 1.42 bits per heavy atom. The third kappa shape index (κ3) is 4.27. The van der Waals surface area contributed by atoms with Crippen molar-refractivity contribution < 1.29 is 9.88 Å². The maximum absolute atomic E-state index is 4.64. The van der Waals surface area contributed by atoms with Gasteiger partial charge >= 0.3 is 0 Å². The van der Waals surface area contributed by atoms with Crippen LogP contribution in [0, 0.1) is 0 Å². The molecular weight excluding hydrogens is 224 g/mol. The van der Waals surface area contributed by atoms with Gasteiger partial charge in [0.25, 0.3) is 0 Å². The lowest BCUT2D eigenvalue weighted by Crippen LogP contribution is -2.03. The molecule has 1 rings (SSSR count). The Morgan fingerprint density at radius 2 is 2.08 bits per heavy atom. The fourth-order valence-electron chi connectivity index (χ4n) is 0.467. The molecule has 0 unspecified atom stereocenters. The summed E-state index contributed by atoms with van der Waals surface area (Å²) in [5.74, 6) is 5.10. The average molecular weight is 235 g/mol. The van der Waals surface area contributed by atoms with E-state index in [9.17, 15) is 0 Å². The average Bonchev–Trinajstić information content (AvgIpc) is 2.13. The lowest BCUT2D eigenvalue weighted by atomic mass is 10.5. The highest BCUT2D eigenvalue weighted by atomic mass is 79.9. The van der Waals surface area contributed by atoms with Gasteiger partial charge in [-0.3, -0.25) is 0 Å². The summed E-state index contributed by atoms with van der Waals surface area (Å²) in [4.78, 5) is 12.2. The molecule has 0 fully saturated rings. The second kappa shape index (κ2) is 7.02. The molecule has 12 heavy (non-hydrogen) atoms. The van der Waals surface area contributed by atoms with Crippen LogP contribution in [0.1, 0.15) is 13.8 Å². The van der Waals surface area contributed by atoms with Gasteiger partial charge in [0.2, 0.25) is 0 Å². The Kier molecular flexibility index (Phi) is 6.64. The number of halogens is 1. The molecule has 2 N–H and O–H groups in total. The Bertz CT molecular complexity index is 203. The molecule has 1 heterocycles. The molecule has 0 aromatic carbocycles. The summed E-state index contributed by atoms with van der Waals surface area (Å²) in [6.07, 6.45) is 1.48. The van der Waals surface area contributed by atoms with Gasteiger partial charge in [0, 0.05) is 0 Å². The quantitative estimate of drug-likeness (QED) is 0.484. The zero-order valence-corrected chi connectivity index (χ0v) is 8.54. The van der Waals surface area contributed by atoms with E-state index in [0.717, 1.165) is 4.60 Å². The summed E-state index contributed by atoms with van der Waals surface area (Å²) in [5, 5.41) is 0. The summed E-state index contributed by atoms with van der Waals surface area (Å²) in [6.45, 7) is 4.00. The number of nitrogens with zero attached hydrogens (tertiary/aromatic N) is 1. The number of aromatic nitrogens is 1. The van der Waals surface area contributed by atoms with Crippen molar-refractivity contribution in [2.24, 2.45) is 5.90 Å². The molecule has 0 saturated carbocycles. The minimum absolute atomic E-state index is 0.464. The first-order chi connectivity index (χ1) is 5.83. The van der Waals surface area contributed by atoms with Crippen molar-refractivity contribution in [2.75, 3.05) is 0 Å². The molecule has 0 atom stereocenters. The van der Waals surface area contributed by atoms with Crippen molar-refractivity contribution in [1.82, 2.24) is 4.98 Å². The van der Waals surface area contributed by atoms with Gasteiger partial charge in [-0.05, 0) is 28.1 Å². The molecule has 0 saturated heterocycles. The fraction of sp³-hybridized carbons (Fsp3) is 0.286. The predicted octanol–water partition coefficient (Wildman–Crippen LogP) is 2.05. The maximum Gasteiger partial charge on any atom is 0.185 e. The lowest BCUT2D eigenvalue weighted by molar-refractivity contribution is -0.211. The van der Waals surface area contributed by atoms with Crippen LogP contribution in [0.25, 0.3) is 0 Å². The summed E-state index contributed by atoms with van der Waals surface area (Å²) < 4.78 is 0.733. The summed E-state index contributed by atoms with van der Waals surface area (Å²) in [6, 6.07) is 3.39. The largest absolute Gasteiger partial charge is 0.318 e. The van der Waals surface area contributed by atoms with Crippen LogP contribution in [0.2, 0.25) is 0 Å². The maximum atomic E-state index is 4.64. The van der Waals surface area contributed by atoms with Crippen molar-refractivity contribution in [1.29, 1.82) is 0 Å². The second-order valence-electron chi connectivity index (χ2n) is 1.50. The molecule has 5 heteroatoms. The van der Waals surface area contributed by atoms with Crippen molar-refractivity contribution in [2.45, 2.75) is 13.8 Å². The Balaban J connectivity index is 0.000000561. The third-order valence-corrected chi connectivity index (χ3v) is 1.31. The van der Waals surface area contributed by atoms with Crippen LogP contribution >= 0.6 is 15.9 Å². The molecule has 0 aliphatic heterocycles. The number of hydrogen-bond acceptors (Lipinski definition) is 4. The highest BCUT2D eigenvalue weighted by molar-refractivity contribution is 9.10. The van der Waals surface area contributed by atoms with Gasteiger partial charge in [0.1, 0.15) is 4.60 Å². The van der Waals surface area contributed by atoms with Crippen molar-refractivity contribution in [3.8, 4) is 5.75 Å². The van der Waals surface area contributed by atoms with Gasteiger partial charge in [-0.25, -0.2) is 4.98 Å². The first-order valence-electron chi connectivity index (χ1n) is 3.48. The highest BCUT2D eigenvalue weighted by Gasteiger charge is 1.92. The number of pyridine rings is 1. The molecule has 0 aliphatic carbocycles. The first kappa shape index (κ1) is 11.4. The Labute approximate surface area is 79.7 Å². The number of hydrogen-bond donors (Lipinski definition) is 1. The molecule has 4 nitrogen and oxygen atoms in total. The van der Waals surface area contributed by atoms with Crippen LogP contribution in [0.3, 0.4) is 0 Å². The number of rotatable bonds is 2. The third-order valence-electron chi connectivity index (χ3n) is 0.845. The summed E-state index contributed by atoms with van der Waals surface area (Å²) in [5.41, 5.74) is 0. The Morgan fingerprint density at radius 3 is 2.50 bits per heavy atom. The molecule has 0 spiro atoms. The van der Waals surface area contributed by atoms with Crippen LogP contribution in [0.5, 0.6) is 5.75 Å². The highest BCUT2D eigenvalue weighted by Crippen LogP contribution is 2.11. The van der Waals surface area contributed by atoms with E-state index < -0.39 is 0 Å². The molecule has 1 aromatic heterocycles. The van der Waals surface area contributed by atoms with Crippen molar-refractivity contribution >= 4 is 15.9 Å². The molecule has 68 valence electrons. The second-order valence-corrected chi connectivity index (χ2v) is 2.31. The molecule has 1 aromatic rings. The molecule has 0 bridgehead atoms. The molecule has 0 radical (unpaired) electrons. The fourth-order valence-corrected chi connectivity index (χ4v) is 0.702. The Hall–Kier alpha value is -0.650. The van der Waals surface area contributed by atoms with E-state index in [1.807, 2.05) is 13.8 Å². The van der Waals surface area contributed by atoms with Gasteiger partial charge in [-0.2, -0.15) is 5.90 Å². The van der Waals surface area contributed by atoms with Crippen LogP contribution in [0.15, 0.2) is 22.9 Å². The van der Waals surface area contributed by atoms with Gasteiger partial charge < -0.3 is 4.89 Å². The molecule has 0 amide bonds. The summed E-state index contributed by atoms with van der Waals surface area (Å²) >= 11 is 3.16. The van der Waals surface area contributed by atoms with E-state index in [1.54, 1.807) is 12.1 Å². The SMILES string of the molecule is CC.NOOc1ccc(Br)nc1. The minimum atomic E-state index is 0.464. The topological polar surface area (TPSA) is 57.4 Å². The van der Waals surface area contributed by atoms with E-state index >= 15 is 0 Å². The zero-order valence-electron chi connectivity index (χ0n) is 6.95. The summed E-state index contributed by atoms with van der Waals surface area (Å²) in [7, 11) is 0. The lowest BCUT2D eigenvalue weighted by Gasteiger charge is -1.96. The molecule has 0 aliphatic rings. The van der Waals surface area contributed by atoms with Crippen molar-refractivity contribution in [3.63, 3.8) is 0 Å². The standard InChI is InChI=1S/C5H5BrN2O2.C2H6/c6-5-2-1-4(3-8-5)9-10-7;1-2/h1-3H,7H2;1-2H3. The predicted molar refractivity (Wildman–Crippen MR) is 49.2 cm³/mol. The van der Waals surface area contributed by atoms with Gasteiger partial charge in [-0.15, -0.1) is 0 Å².